The molecule has 0 bridgehead atoms. The predicted molar refractivity (Wildman–Crippen MR) is 168 cm³/mol. The molecule has 0 radical (unpaired) electrons. The minimum atomic E-state index is -0.237. The van der Waals surface area contributed by atoms with E-state index in [2.05, 4.69) is 21.8 Å². The number of nitrogens with two attached hydrogens (primary N) is 2. The van der Waals surface area contributed by atoms with Gasteiger partial charge in [0.2, 0.25) is 11.8 Å². The number of benzene rings is 2. The molecule has 2 aromatic rings. The second kappa shape index (κ2) is 14.8. The van der Waals surface area contributed by atoms with Gasteiger partial charge < -0.3 is 21.3 Å². The van der Waals surface area contributed by atoms with Gasteiger partial charge in [-0.2, -0.15) is 0 Å². The largest absolute Gasteiger partial charge is 0.385 e. The van der Waals surface area contributed by atoms with Crippen LogP contribution in [0.15, 0.2) is 95.2 Å². The summed E-state index contributed by atoms with van der Waals surface area (Å²) in [4.78, 5) is 38.6. The Morgan fingerprint density at radius 1 is 0.738 bits per heavy atom. The number of carbonyl (C=O) groups excluding carboxylic acids is 2. The van der Waals surface area contributed by atoms with E-state index >= 15 is 0 Å². The van der Waals surface area contributed by atoms with Crippen molar-refractivity contribution in [3.8, 4) is 11.8 Å². The van der Waals surface area contributed by atoms with E-state index in [-0.39, 0.29) is 35.7 Å². The fourth-order valence-corrected chi connectivity index (χ4v) is 5.53. The second-order valence-corrected chi connectivity index (χ2v) is 10.7. The van der Waals surface area contributed by atoms with Crippen molar-refractivity contribution in [2.24, 2.45) is 21.5 Å². The number of allylic oxidation sites excluding steroid dienone is 2. The van der Waals surface area contributed by atoms with E-state index in [9.17, 15) is 9.59 Å². The van der Waals surface area contributed by atoms with E-state index < -0.39 is 0 Å². The highest BCUT2D eigenvalue weighted by molar-refractivity contribution is 5.94. The maximum absolute atomic E-state index is 13.1. The lowest BCUT2D eigenvalue weighted by molar-refractivity contribution is -0.133. The van der Waals surface area contributed by atoms with Crippen LogP contribution in [-0.4, -0.2) is 58.5 Å². The highest BCUT2D eigenvalue weighted by Crippen LogP contribution is 2.26. The number of rotatable bonds is 8. The molecule has 2 saturated heterocycles. The summed E-state index contributed by atoms with van der Waals surface area (Å²) >= 11 is 0. The van der Waals surface area contributed by atoms with Crippen molar-refractivity contribution in [1.29, 1.82) is 0 Å². The molecule has 218 valence electrons. The first-order valence-corrected chi connectivity index (χ1v) is 14.6. The van der Waals surface area contributed by atoms with Crippen LogP contribution in [0.5, 0.6) is 0 Å². The van der Waals surface area contributed by atoms with E-state index in [1.54, 1.807) is 24.6 Å². The average molecular weight is 565 g/mol. The zero-order valence-electron chi connectivity index (χ0n) is 24.4. The molecule has 0 unspecified atom stereocenters. The number of likely N-dealkylation sites (tertiary alicyclic amines) is 2. The lowest BCUT2D eigenvalue weighted by Crippen LogP contribution is -2.45. The molecule has 2 heterocycles. The number of hydrogen-bond donors (Lipinski definition) is 2. The van der Waals surface area contributed by atoms with Crippen LogP contribution < -0.4 is 11.5 Å². The SMILES string of the molecule is C[C@@H](C(=O)N1CCC[C@H]1C(N)=N/C=C/C#C/C=C/N=C(N)[C@@H]1CCCN1C(=O)[C@H](C)c1ccccc1)c1ccccc1. The summed E-state index contributed by atoms with van der Waals surface area (Å²) in [6.45, 7) is 5.20. The van der Waals surface area contributed by atoms with Gasteiger partial charge in [0.05, 0.1) is 23.9 Å². The summed E-state index contributed by atoms with van der Waals surface area (Å²) in [7, 11) is 0. The standard InChI is InChI=1S/C34H40N6O2/c1-25(27-15-7-5-8-16-27)33(41)39-23-13-19-29(39)31(35)37-21-11-3-4-12-22-38-32(36)30-20-14-24-40(30)34(42)26(2)28-17-9-6-10-18-28/h5-12,15-18,21-22,25-26,29-30H,13-14,19-20,23-24H2,1-2H3,(H2,35,37)(H2,36,38)/b21-11+,22-12+/t25-,26-,29+,30+/m1/s1. The van der Waals surface area contributed by atoms with Crippen molar-refractivity contribution >= 4 is 23.5 Å². The Balaban J connectivity index is 1.29. The Morgan fingerprint density at radius 3 is 1.50 bits per heavy atom. The molecular formula is C34H40N6O2. The molecular weight excluding hydrogens is 524 g/mol. The third-order valence-corrected chi connectivity index (χ3v) is 7.94. The topological polar surface area (TPSA) is 117 Å². The van der Waals surface area contributed by atoms with Crippen LogP contribution in [0.3, 0.4) is 0 Å². The van der Waals surface area contributed by atoms with Gasteiger partial charge >= 0.3 is 0 Å². The van der Waals surface area contributed by atoms with E-state index in [1.807, 2.05) is 84.3 Å². The molecule has 4 atom stereocenters. The molecule has 0 aliphatic carbocycles. The van der Waals surface area contributed by atoms with Crippen molar-refractivity contribution < 1.29 is 9.59 Å². The van der Waals surface area contributed by atoms with Gasteiger partial charge in [-0.3, -0.25) is 9.59 Å². The smallest absolute Gasteiger partial charge is 0.230 e. The van der Waals surface area contributed by atoms with Crippen LogP contribution in [0, 0.1) is 11.8 Å². The second-order valence-electron chi connectivity index (χ2n) is 10.7. The van der Waals surface area contributed by atoms with Crippen molar-refractivity contribution in [1.82, 2.24) is 9.80 Å². The number of hydrogen-bond acceptors (Lipinski definition) is 4. The number of amidine groups is 2. The molecule has 0 spiro atoms. The average Bonchev–Trinajstić information content (AvgIpc) is 3.72. The molecule has 4 rings (SSSR count). The third kappa shape index (κ3) is 7.55. The maximum Gasteiger partial charge on any atom is 0.230 e. The van der Waals surface area contributed by atoms with Gasteiger partial charge in [-0.25, -0.2) is 9.98 Å². The lowest BCUT2D eigenvalue weighted by Gasteiger charge is -2.27. The molecule has 4 N–H and O–H groups in total. The zero-order valence-corrected chi connectivity index (χ0v) is 24.4. The van der Waals surface area contributed by atoms with Gasteiger partial charge in [-0.15, -0.1) is 0 Å². The van der Waals surface area contributed by atoms with Gasteiger partial charge in [0.1, 0.15) is 11.7 Å². The first-order valence-electron chi connectivity index (χ1n) is 14.6. The number of nitrogens with zero attached hydrogens (tertiary/aromatic N) is 4. The molecule has 0 aromatic heterocycles. The van der Waals surface area contributed by atoms with Crippen molar-refractivity contribution in [2.75, 3.05) is 13.1 Å². The summed E-state index contributed by atoms with van der Waals surface area (Å²) in [6.07, 6.45) is 9.66. The fourth-order valence-electron chi connectivity index (χ4n) is 5.53. The van der Waals surface area contributed by atoms with Crippen LogP contribution in [0.1, 0.15) is 62.5 Å². The van der Waals surface area contributed by atoms with Crippen molar-refractivity contribution in [2.45, 2.75) is 63.5 Å². The molecule has 2 amide bonds. The minimum absolute atomic E-state index is 0.0615. The Kier molecular flexibility index (Phi) is 10.7. The Labute approximate surface area is 248 Å². The summed E-state index contributed by atoms with van der Waals surface area (Å²) in [5, 5.41) is 0. The Hall–Kier alpha value is -4.64. The molecule has 2 aromatic carbocycles. The molecule has 8 nitrogen and oxygen atoms in total. The first kappa shape index (κ1) is 30.3. The predicted octanol–water partition coefficient (Wildman–Crippen LogP) is 4.32. The molecule has 0 saturated carbocycles. The highest BCUT2D eigenvalue weighted by Gasteiger charge is 2.35. The van der Waals surface area contributed by atoms with Crippen molar-refractivity contribution in [3.63, 3.8) is 0 Å². The normalized spacial score (nSPS) is 21.0. The minimum Gasteiger partial charge on any atom is -0.385 e. The Bertz CT molecular complexity index is 1300. The van der Waals surface area contributed by atoms with Crippen LogP contribution in [0.2, 0.25) is 0 Å². The summed E-state index contributed by atoms with van der Waals surface area (Å²) in [5.74, 6) is 6.21. The van der Waals surface area contributed by atoms with Crippen LogP contribution in [0.4, 0.5) is 0 Å². The number of aliphatic imine (C=N–C) groups is 2. The number of carbonyl (C=O) groups is 2. The molecule has 2 aliphatic rings. The van der Waals surface area contributed by atoms with Crippen LogP contribution >= 0.6 is 0 Å². The van der Waals surface area contributed by atoms with Gasteiger partial charge in [0.15, 0.2) is 0 Å². The summed E-state index contributed by atoms with van der Waals surface area (Å²) < 4.78 is 0. The van der Waals surface area contributed by atoms with E-state index in [0.29, 0.717) is 24.8 Å². The molecule has 8 heteroatoms. The van der Waals surface area contributed by atoms with E-state index in [4.69, 9.17) is 11.5 Å². The van der Waals surface area contributed by atoms with Crippen molar-refractivity contribution in [3.05, 3.63) is 96.3 Å². The zero-order chi connectivity index (χ0) is 29.9. The lowest BCUT2D eigenvalue weighted by atomic mass is 9.99. The van der Waals surface area contributed by atoms with Crippen LogP contribution in [0.25, 0.3) is 0 Å². The molecule has 42 heavy (non-hydrogen) atoms. The maximum atomic E-state index is 13.1. The summed E-state index contributed by atoms with van der Waals surface area (Å²) in [5.41, 5.74) is 14.5. The fraction of sp³-hybridized carbons (Fsp3) is 0.353. The quantitative estimate of drug-likeness (QED) is 0.282. The van der Waals surface area contributed by atoms with E-state index in [0.717, 1.165) is 36.8 Å². The van der Waals surface area contributed by atoms with Gasteiger partial charge in [0, 0.05) is 37.6 Å². The first-order chi connectivity index (χ1) is 20.4. The highest BCUT2D eigenvalue weighted by atomic mass is 16.2. The number of amides is 2. The Morgan fingerprint density at radius 2 is 1.12 bits per heavy atom. The van der Waals surface area contributed by atoms with Gasteiger partial charge in [0.25, 0.3) is 0 Å². The van der Waals surface area contributed by atoms with E-state index in [1.165, 1.54) is 0 Å². The monoisotopic (exact) mass is 564 g/mol. The third-order valence-electron chi connectivity index (χ3n) is 7.94. The molecule has 2 fully saturated rings. The van der Waals surface area contributed by atoms with Gasteiger partial charge in [-0.1, -0.05) is 72.5 Å². The van der Waals surface area contributed by atoms with Gasteiger partial charge in [-0.05, 0) is 50.7 Å². The molecule has 2 aliphatic heterocycles. The van der Waals surface area contributed by atoms with Crippen LogP contribution in [-0.2, 0) is 9.59 Å². The summed E-state index contributed by atoms with van der Waals surface area (Å²) in [6, 6.07) is 19.1.